The van der Waals surface area contributed by atoms with Crippen LogP contribution in [0.5, 0.6) is 0 Å². The molecular weight excluding hydrogens is 334 g/mol. The van der Waals surface area contributed by atoms with Crippen molar-refractivity contribution < 1.29 is 21.5 Å². The summed E-state index contributed by atoms with van der Waals surface area (Å²) in [4.78, 5) is 0. The van der Waals surface area contributed by atoms with Crippen LogP contribution in [0.25, 0.3) is 16.7 Å². The number of hydrogen-bond donors (Lipinski definition) is 0. The first-order valence-corrected chi connectivity index (χ1v) is 7.11. The van der Waals surface area contributed by atoms with Gasteiger partial charge < -0.3 is 17.0 Å². The van der Waals surface area contributed by atoms with Gasteiger partial charge in [0, 0.05) is 17.7 Å². The molecule has 0 unspecified atom stereocenters. The van der Waals surface area contributed by atoms with E-state index in [1.807, 2.05) is 24.3 Å². The topological polar surface area (TPSA) is 3.88 Å². The molecule has 0 bridgehead atoms. The van der Waals surface area contributed by atoms with Gasteiger partial charge in [-0.15, -0.1) is 0 Å². The first kappa shape index (κ1) is 16.2. The van der Waals surface area contributed by atoms with E-state index in [2.05, 4.69) is 72.1 Å². The van der Waals surface area contributed by atoms with E-state index >= 15 is 0 Å². The third-order valence-corrected chi connectivity index (χ3v) is 3.55. The van der Waals surface area contributed by atoms with Gasteiger partial charge in [-0.25, -0.2) is 4.57 Å². The normalized spacial score (nSPS) is 9.82. The molecule has 3 aromatic rings. The zero-order chi connectivity index (χ0) is 14.5. The average Bonchev–Trinajstić information content (AvgIpc) is 2.57. The SMILES string of the molecule is C=C(C[n+]1ccc(-c2ccccc2)cc1)c1ccccc1.[Br-]. The highest BCUT2D eigenvalue weighted by molar-refractivity contribution is 5.63. The lowest BCUT2D eigenvalue weighted by molar-refractivity contribution is -0.684. The van der Waals surface area contributed by atoms with Crippen molar-refractivity contribution in [3.05, 3.63) is 97.3 Å². The predicted octanol–water partition coefficient (Wildman–Crippen LogP) is 1.36. The van der Waals surface area contributed by atoms with Gasteiger partial charge in [-0.3, -0.25) is 0 Å². The van der Waals surface area contributed by atoms with Gasteiger partial charge in [0.25, 0.3) is 0 Å². The number of benzene rings is 2. The minimum Gasteiger partial charge on any atom is -1.00 e. The van der Waals surface area contributed by atoms with E-state index in [0.29, 0.717) is 0 Å². The quantitative estimate of drug-likeness (QED) is 0.625. The maximum absolute atomic E-state index is 4.18. The van der Waals surface area contributed by atoms with Gasteiger partial charge >= 0.3 is 0 Å². The Balaban J connectivity index is 0.00000176. The summed E-state index contributed by atoms with van der Waals surface area (Å²) in [6, 6.07) is 25.0. The summed E-state index contributed by atoms with van der Waals surface area (Å²) in [5, 5.41) is 0. The molecule has 0 aliphatic heterocycles. The molecule has 2 heteroatoms. The second-order valence-corrected chi connectivity index (χ2v) is 5.09. The Morgan fingerprint density at radius 1 is 0.727 bits per heavy atom. The molecule has 3 rings (SSSR count). The van der Waals surface area contributed by atoms with Crippen LogP contribution >= 0.6 is 0 Å². The number of nitrogens with zero attached hydrogens (tertiary/aromatic N) is 1. The lowest BCUT2D eigenvalue weighted by atomic mass is 10.1. The molecule has 0 aliphatic rings. The molecule has 0 fully saturated rings. The molecule has 22 heavy (non-hydrogen) atoms. The standard InChI is InChI=1S/C20H18N.BrH/c1-17(18-8-4-2-5-9-18)16-21-14-12-20(13-15-21)19-10-6-3-7-11-19;/h2-15H,1,16H2;1H/q+1;/p-1. The Hall–Kier alpha value is -2.19. The predicted molar refractivity (Wildman–Crippen MR) is 87.5 cm³/mol. The summed E-state index contributed by atoms with van der Waals surface area (Å²) in [6.45, 7) is 4.98. The highest BCUT2D eigenvalue weighted by atomic mass is 79.9. The highest BCUT2D eigenvalue weighted by Gasteiger charge is 2.06. The Morgan fingerprint density at radius 2 is 1.23 bits per heavy atom. The molecular formula is C20H18BrN. The average molecular weight is 352 g/mol. The van der Waals surface area contributed by atoms with Gasteiger partial charge in [0.15, 0.2) is 18.9 Å². The van der Waals surface area contributed by atoms with E-state index in [9.17, 15) is 0 Å². The fourth-order valence-electron chi connectivity index (χ4n) is 2.37. The Morgan fingerprint density at radius 3 is 1.82 bits per heavy atom. The molecule has 0 saturated carbocycles. The first-order chi connectivity index (χ1) is 10.3. The molecule has 0 aliphatic carbocycles. The van der Waals surface area contributed by atoms with Crippen molar-refractivity contribution in [1.82, 2.24) is 0 Å². The van der Waals surface area contributed by atoms with Crippen molar-refractivity contribution in [2.24, 2.45) is 0 Å². The van der Waals surface area contributed by atoms with Gasteiger partial charge in [-0.05, 0) is 16.7 Å². The molecule has 1 aromatic heterocycles. The second kappa shape index (κ2) is 7.71. The van der Waals surface area contributed by atoms with Gasteiger partial charge in [-0.2, -0.15) is 0 Å². The molecule has 0 spiro atoms. The summed E-state index contributed by atoms with van der Waals surface area (Å²) in [5.41, 5.74) is 4.79. The molecule has 110 valence electrons. The fraction of sp³-hybridized carbons (Fsp3) is 0.0500. The van der Waals surface area contributed by atoms with E-state index in [0.717, 1.165) is 12.1 Å². The van der Waals surface area contributed by atoms with Crippen LogP contribution in [-0.4, -0.2) is 0 Å². The van der Waals surface area contributed by atoms with Crippen molar-refractivity contribution in [1.29, 1.82) is 0 Å². The van der Waals surface area contributed by atoms with E-state index in [-0.39, 0.29) is 17.0 Å². The molecule has 0 amide bonds. The van der Waals surface area contributed by atoms with E-state index in [4.69, 9.17) is 0 Å². The van der Waals surface area contributed by atoms with Crippen LogP contribution < -0.4 is 21.5 Å². The molecule has 0 atom stereocenters. The lowest BCUT2D eigenvalue weighted by Crippen LogP contribution is -3.00. The van der Waals surface area contributed by atoms with Crippen molar-refractivity contribution in [2.75, 3.05) is 0 Å². The number of allylic oxidation sites excluding steroid dienone is 1. The van der Waals surface area contributed by atoms with Crippen LogP contribution in [0.3, 0.4) is 0 Å². The summed E-state index contributed by atoms with van der Waals surface area (Å²) in [6.07, 6.45) is 4.22. The molecule has 0 radical (unpaired) electrons. The minimum atomic E-state index is 0. The van der Waals surface area contributed by atoms with Gasteiger partial charge in [0.1, 0.15) is 0 Å². The summed E-state index contributed by atoms with van der Waals surface area (Å²) >= 11 is 0. The first-order valence-electron chi connectivity index (χ1n) is 7.11. The lowest BCUT2D eigenvalue weighted by Gasteiger charge is -2.04. The Bertz CT molecular complexity index is 719. The van der Waals surface area contributed by atoms with Crippen LogP contribution in [0.1, 0.15) is 5.56 Å². The molecule has 0 N–H and O–H groups in total. The number of pyridine rings is 1. The van der Waals surface area contributed by atoms with Crippen LogP contribution in [0.2, 0.25) is 0 Å². The number of halogens is 1. The molecule has 1 nitrogen and oxygen atoms in total. The van der Waals surface area contributed by atoms with E-state index in [1.165, 1.54) is 16.7 Å². The summed E-state index contributed by atoms with van der Waals surface area (Å²) in [5.74, 6) is 0. The third-order valence-electron chi connectivity index (χ3n) is 3.55. The van der Waals surface area contributed by atoms with Crippen molar-refractivity contribution in [2.45, 2.75) is 6.54 Å². The second-order valence-electron chi connectivity index (χ2n) is 5.09. The third kappa shape index (κ3) is 3.92. The van der Waals surface area contributed by atoms with Crippen LogP contribution in [-0.2, 0) is 6.54 Å². The van der Waals surface area contributed by atoms with Crippen molar-refractivity contribution in [3.63, 3.8) is 0 Å². The molecule has 1 heterocycles. The van der Waals surface area contributed by atoms with E-state index in [1.54, 1.807) is 0 Å². The fourth-order valence-corrected chi connectivity index (χ4v) is 2.37. The number of aromatic nitrogens is 1. The van der Waals surface area contributed by atoms with Crippen LogP contribution in [0.15, 0.2) is 91.8 Å². The van der Waals surface area contributed by atoms with E-state index < -0.39 is 0 Å². The summed E-state index contributed by atoms with van der Waals surface area (Å²) in [7, 11) is 0. The van der Waals surface area contributed by atoms with Gasteiger partial charge in [-0.1, -0.05) is 67.2 Å². The monoisotopic (exact) mass is 351 g/mol. The zero-order valence-electron chi connectivity index (χ0n) is 12.3. The molecule has 0 saturated heterocycles. The maximum atomic E-state index is 4.18. The Labute approximate surface area is 142 Å². The Kier molecular flexibility index (Phi) is 5.68. The van der Waals surface area contributed by atoms with Crippen molar-refractivity contribution in [3.8, 4) is 11.1 Å². The smallest absolute Gasteiger partial charge is 0.173 e. The van der Waals surface area contributed by atoms with Crippen molar-refractivity contribution >= 4 is 5.57 Å². The van der Waals surface area contributed by atoms with Gasteiger partial charge in [0.05, 0.1) is 0 Å². The van der Waals surface area contributed by atoms with Crippen LogP contribution in [0, 0.1) is 0 Å². The zero-order valence-corrected chi connectivity index (χ0v) is 13.9. The van der Waals surface area contributed by atoms with Gasteiger partial charge in [0.2, 0.25) is 0 Å². The van der Waals surface area contributed by atoms with Crippen LogP contribution in [0.4, 0.5) is 0 Å². The maximum Gasteiger partial charge on any atom is 0.173 e. The minimum absolute atomic E-state index is 0. The largest absolute Gasteiger partial charge is 1.00 e. The highest BCUT2D eigenvalue weighted by Crippen LogP contribution is 2.17. The number of rotatable bonds is 4. The molecule has 2 aromatic carbocycles. The summed E-state index contributed by atoms with van der Waals surface area (Å²) < 4.78 is 2.15. The number of hydrogen-bond acceptors (Lipinski definition) is 0.